The number of rotatable bonds is 9. The number of sulfonamides is 1. The van der Waals surface area contributed by atoms with Gasteiger partial charge in [0.25, 0.3) is 15.9 Å². The average Bonchev–Trinajstić information content (AvgIpc) is 3.29. The maximum Gasteiger partial charge on any atom is 0.273 e. The molecule has 5 rings (SSSR count). The Morgan fingerprint density at radius 3 is 2.27 bits per heavy atom. The first-order valence-corrected chi connectivity index (χ1v) is 15.6. The Labute approximate surface area is 261 Å². The van der Waals surface area contributed by atoms with Crippen molar-refractivity contribution in [3.63, 3.8) is 0 Å². The van der Waals surface area contributed by atoms with Gasteiger partial charge in [0.15, 0.2) is 0 Å². The van der Waals surface area contributed by atoms with E-state index in [-0.39, 0.29) is 28.5 Å². The lowest BCUT2D eigenvalue weighted by Crippen LogP contribution is -2.33. The van der Waals surface area contributed by atoms with Crippen LogP contribution in [0.5, 0.6) is 0 Å². The molecular weight excluding hydrogens is 599 g/mol. The predicted octanol–water partition coefficient (Wildman–Crippen LogP) is 7.35. The summed E-state index contributed by atoms with van der Waals surface area (Å²) in [6.45, 7) is 5.67. The van der Waals surface area contributed by atoms with Gasteiger partial charge in [-0.1, -0.05) is 53.6 Å². The zero-order valence-electron chi connectivity index (χ0n) is 24.3. The van der Waals surface area contributed by atoms with Crippen molar-refractivity contribution in [1.82, 2.24) is 9.99 Å². The summed E-state index contributed by atoms with van der Waals surface area (Å²) < 4.78 is 44.7. The van der Waals surface area contributed by atoms with Crippen molar-refractivity contribution in [3.8, 4) is 5.69 Å². The maximum atomic E-state index is 14.0. The van der Waals surface area contributed by atoms with Gasteiger partial charge in [-0.15, -0.1) is 0 Å². The number of amides is 1. The van der Waals surface area contributed by atoms with Gasteiger partial charge >= 0.3 is 0 Å². The van der Waals surface area contributed by atoms with Gasteiger partial charge in [0.2, 0.25) is 0 Å². The van der Waals surface area contributed by atoms with E-state index >= 15 is 0 Å². The van der Waals surface area contributed by atoms with Crippen LogP contribution in [0.3, 0.4) is 0 Å². The van der Waals surface area contributed by atoms with Crippen LogP contribution in [0.2, 0.25) is 5.02 Å². The molecule has 4 aromatic carbocycles. The van der Waals surface area contributed by atoms with Crippen LogP contribution in [0, 0.1) is 26.6 Å². The monoisotopic (exact) mass is 628 g/mol. The summed E-state index contributed by atoms with van der Waals surface area (Å²) >= 11 is 6.07. The maximum absolute atomic E-state index is 14.0. The van der Waals surface area contributed by atoms with Gasteiger partial charge in [-0.25, -0.2) is 18.2 Å². The topological polar surface area (TPSA) is 83.8 Å². The number of hydrogen-bond acceptors (Lipinski definition) is 4. The molecule has 1 N–H and O–H groups in total. The summed E-state index contributed by atoms with van der Waals surface area (Å²) in [4.78, 5) is 13.6. The van der Waals surface area contributed by atoms with Crippen molar-refractivity contribution in [1.29, 1.82) is 0 Å². The molecule has 1 amide bonds. The molecule has 0 bridgehead atoms. The summed E-state index contributed by atoms with van der Waals surface area (Å²) in [7, 11) is -4.08. The highest BCUT2D eigenvalue weighted by Crippen LogP contribution is 2.30. The minimum Gasteiger partial charge on any atom is -0.318 e. The van der Waals surface area contributed by atoms with E-state index < -0.39 is 15.9 Å². The number of anilines is 1. The molecule has 0 aliphatic rings. The van der Waals surface area contributed by atoms with Gasteiger partial charge in [-0.05, 0) is 93.1 Å². The number of aromatic nitrogens is 1. The van der Waals surface area contributed by atoms with Crippen molar-refractivity contribution in [2.24, 2.45) is 5.10 Å². The van der Waals surface area contributed by atoms with Crippen LogP contribution < -0.4 is 9.73 Å². The Balaban J connectivity index is 1.46. The first kappa shape index (κ1) is 30.7. The highest BCUT2D eigenvalue weighted by atomic mass is 35.5. The van der Waals surface area contributed by atoms with E-state index in [4.69, 9.17) is 11.6 Å². The number of benzene rings is 4. The van der Waals surface area contributed by atoms with Crippen molar-refractivity contribution in [3.05, 3.63) is 148 Å². The largest absolute Gasteiger partial charge is 0.318 e. The van der Waals surface area contributed by atoms with E-state index in [9.17, 15) is 17.6 Å². The van der Waals surface area contributed by atoms with E-state index in [2.05, 4.69) is 10.5 Å². The Kier molecular flexibility index (Phi) is 8.98. The van der Waals surface area contributed by atoms with Crippen LogP contribution in [-0.2, 0) is 16.6 Å². The predicted molar refractivity (Wildman–Crippen MR) is 173 cm³/mol. The number of aryl methyl sites for hydroxylation is 2. The zero-order chi connectivity index (χ0) is 31.4. The lowest BCUT2D eigenvalue weighted by molar-refractivity contribution is 0.0955. The number of nitrogens with one attached hydrogen (secondary N) is 1. The average molecular weight is 629 g/mol. The molecule has 0 aliphatic heterocycles. The van der Waals surface area contributed by atoms with Crippen molar-refractivity contribution in [2.45, 2.75) is 32.2 Å². The molecule has 0 fully saturated rings. The number of nitrogens with zero attached hydrogens (tertiary/aromatic N) is 3. The molecule has 0 saturated heterocycles. The molecule has 44 heavy (non-hydrogen) atoms. The summed E-state index contributed by atoms with van der Waals surface area (Å²) in [5.74, 6) is -0.899. The van der Waals surface area contributed by atoms with Crippen LogP contribution in [0.15, 0.2) is 113 Å². The van der Waals surface area contributed by atoms with Crippen molar-refractivity contribution < 1.29 is 17.6 Å². The third-order valence-electron chi connectivity index (χ3n) is 7.19. The highest BCUT2D eigenvalue weighted by molar-refractivity contribution is 7.92. The van der Waals surface area contributed by atoms with Crippen LogP contribution in [0.4, 0.5) is 10.1 Å². The van der Waals surface area contributed by atoms with Crippen LogP contribution in [-0.4, -0.2) is 25.1 Å². The van der Waals surface area contributed by atoms with Gasteiger partial charge < -0.3 is 4.57 Å². The first-order valence-electron chi connectivity index (χ1n) is 13.8. The molecule has 0 saturated carbocycles. The molecule has 10 heteroatoms. The smallest absolute Gasteiger partial charge is 0.273 e. The van der Waals surface area contributed by atoms with Crippen molar-refractivity contribution in [2.75, 3.05) is 4.31 Å². The Morgan fingerprint density at radius 1 is 0.932 bits per heavy atom. The number of carbonyl (C=O) groups is 1. The first-order chi connectivity index (χ1) is 21.0. The summed E-state index contributed by atoms with van der Waals surface area (Å²) in [5.41, 5.74) is 7.81. The quantitative estimate of drug-likeness (QED) is 0.137. The van der Waals surface area contributed by atoms with Crippen LogP contribution in [0.1, 0.15) is 38.4 Å². The molecule has 1 aromatic heterocycles. The number of carbonyl (C=O) groups excluding carboxylic acids is 1. The van der Waals surface area contributed by atoms with Crippen molar-refractivity contribution >= 4 is 39.4 Å². The van der Waals surface area contributed by atoms with E-state index in [1.165, 1.54) is 22.7 Å². The molecule has 0 spiro atoms. The zero-order valence-corrected chi connectivity index (χ0v) is 25.9. The Morgan fingerprint density at radius 2 is 1.59 bits per heavy atom. The van der Waals surface area contributed by atoms with Gasteiger partial charge in [-0.3, -0.25) is 9.10 Å². The number of para-hydroxylation sites is 1. The fourth-order valence-electron chi connectivity index (χ4n) is 4.90. The molecule has 1 heterocycles. The second-order valence-corrected chi connectivity index (χ2v) is 12.6. The second-order valence-electron chi connectivity index (χ2n) is 10.3. The second kappa shape index (κ2) is 12.9. The van der Waals surface area contributed by atoms with Crippen LogP contribution >= 0.6 is 11.6 Å². The third kappa shape index (κ3) is 6.59. The minimum atomic E-state index is -4.08. The number of hydrogen-bond donors (Lipinski definition) is 1. The van der Waals surface area contributed by atoms with E-state index in [0.717, 1.165) is 28.2 Å². The minimum absolute atomic E-state index is 0.0314. The Bertz CT molecular complexity index is 1940. The van der Waals surface area contributed by atoms with E-state index in [0.29, 0.717) is 10.6 Å². The standard InChI is InChI=1S/C34H30ClFN4O3S/c1-23-8-18-31(19-9-23)44(42,43)39(22-26-10-12-28(35)13-11-26)33-7-5-4-6-32(33)34(41)38-37-21-27-20-24(2)40(25(27)3)30-16-14-29(36)15-17-30/h4-21H,22H2,1-3H3,(H,38,41)/b37-21+. The Hall–Kier alpha value is -4.73. The summed E-state index contributed by atoms with van der Waals surface area (Å²) in [6.07, 6.45) is 1.53. The van der Waals surface area contributed by atoms with Crippen LogP contribution in [0.25, 0.3) is 5.69 Å². The molecule has 0 atom stereocenters. The van der Waals surface area contributed by atoms with Gasteiger partial charge in [-0.2, -0.15) is 5.10 Å². The fourth-order valence-corrected chi connectivity index (χ4v) is 6.50. The van der Waals surface area contributed by atoms with E-state index in [1.807, 2.05) is 31.4 Å². The fraction of sp³-hybridized carbons (Fsp3) is 0.118. The van der Waals surface area contributed by atoms with E-state index in [1.54, 1.807) is 84.9 Å². The molecular formula is C34H30ClFN4O3S. The molecule has 224 valence electrons. The third-order valence-corrected chi connectivity index (χ3v) is 9.22. The molecule has 7 nitrogen and oxygen atoms in total. The SMILES string of the molecule is Cc1ccc(S(=O)(=O)N(Cc2ccc(Cl)cc2)c2ccccc2C(=O)N/N=C/c2cc(C)n(-c3ccc(F)cc3)c2C)cc1. The number of hydrazone groups is 1. The van der Waals surface area contributed by atoms with Gasteiger partial charge in [0.1, 0.15) is 5.82 Å². The molecule has 0 radical (unpaired) electrons. The lowest BCUT2D eigenvalue weighted by Gasteiger charge is -2.26. The summed E-state index contributed by atoms with van der Waals surface area (Å²) in [5, 5.41) is 4.71. The highest BCUT2D eigenvalue weighted by Gasteiger charge is 2.28. The van der Waals surface area contributed by atoms with Gasteiger partial charge in [0, 0.05) is 27.7 Å². The lowest BCUT2D eigenvalue weighted by atomic mass is 10.1. The molecule has 5 aromatic rings. The normalized spacial score (nSPS) is 11.6. The molecule has 0 unspecified atom stereocenters. The molecule has 0 aliphatic carbocycles. The van der Waals surface area contributed by atoms with Gasteiger partial charge in [0.05, 0.1) is 28.9 Å². The number of halogens is 2. The summed E-state index contributed by atoms with van der Waals surface area (Å²) in [6, 6.07) is 28.0.